The summed E-state index contributed by atoms with van der Waals surface area (Å²) in [5, 5.41) is 0. The van der Waals surface area contributed by atoms with Gasteiger partial charge in [0, 0.05) is 17.4 Å². The maximum atomic E-state index is 5.80. The second-order valence-electron chi connectivity index (χ2n) is 5.21. The van der Waals surface area contributed by atoms with E-state index in [-0.39, 0.29) is 0 Å². The molecule has 1 aliphatic heterocycles. The highest BCUT2D eigenvalue weighted by atomic mass is 79.9. The van der Waals surface area contributed by atoms with Crippen molar-refractivity contribution in [1.29, 1.82) is 0 Å². The zero-order chi connectivity index (χ0) is 14.5. The van der Waals surface area contributed by atoms with Crippen LogP contribution in [0.2, 0.25) is 0 Å². The van der Waals surface area contributed by atoms with Crippen LogP contribution in [0.4, 0.5) is 0 Å². The van der Waals surface area contributed by atoms with Crippen molar-refractivity contribution in [2.24, 2.45) is 5.92 Å². The molecule has 2 nitrogen and oxygen atoms in total. The summed E-state index contributed by atoms with van der Waals surface area (Å²) in [6, 6.07) is 6.37. The van der Waals surface area contributed by atoms with E-state index in [1.165, 1.54) is 5.56 Å². The fourth-order valence-corrected chi connectivity index (χ4v) is 4.09. The quantitative estimate of drug-likeness (QED) is 0.582. The van der Waals surface area contributed by atoms with Crippen molar-refractivity contribution >= 4 is 31.9 Å². The molecule has 0 radical (unpaired) electrons. The Labute approximate surface area is 138 Å². The van der Waals surface area contributed by atoms with E-state index in [9.17, 15) is 0 Å². The van der Waals surface area contributed by atoms with E-state index < -0.39 is 0 Å². The Hall–Kier alpha value is -0.0600. The first-order chi connectivity index (χ1) is 9.67. The lowest BCUT2D eigenvalue weighted by Crippen LogP contribution is -2.19. The number of rotatable bonds is 6. The lowest BCUT2D eigenvalue weighted by molar-refractivity contribution is 0.0873. The molecule has 0 saturated carbocycles. The summed E-state index contributed by atoms with van der Waals surface area (Å²) >= 11 is 7.47. The van der Waals surface area contributed by atoms with Crippen LogP contribution < -0.4 is 4.74 Å². The molecule has 0 aromatic heterocycles. The molecule has 4 heteroatoms. The molecule has 1 saturated heterocycles. The lowest BCUT2D eigenvalue weighted by atomic mass is 9.92. The Morgan fingerprint density at radius 1 is 1.40 bits per heavy atom. The molecule has 1 aromatic carbocycles. The summed E-state index contributed by atoms with van der Waals surface area (Å²) in [6.45, 7) is 5.94. The van der Waals surface area contributed by atoms with Gasteiger partial charge >= 0.3 is 0 Å². The first-order valence-corrected chi connectivity index (χ1v) is 9.06. The minimum atomic E-state index is 0.339. The molecule has 0 aliphatic carbocycles. The smallest absolute Gasteiger partial charge is 0.133 e. The van der Waals surface area contributed by atoms with E-state index in [0.29, 0.717) is 16.8 Å². The van der Waals surface area contributed by atoms with E-state index in [4.69, 9.17) is 9.47 Å². The Kier molecular flexibility index (Phi) is 6.37. The average Bonchev–Trinajstić information content (AvgIpc) is 2.93. The fraction of sp³-hybridized carbons (Fsp3) is 0.625. The largest absolute Gasteiger partial charge is 0.492 e. The van der Waals surface area contributed by atoms with Gasteiger partial charge in [-0.3, -0.25) is 0 Å². The summed E-state index contributed by atoms with van der Waals surface area (Å²) in [5.74, 6) is 1.47. The molecule has 1 heterocycles. The minimum absolute atomic E-state index is 0.339. The molecule has 1 fully saturated rings. The average molecular weight is 406 g/mol. The summed E-state index contributed by atoms with van der Waals surface area (Å²) in [7, 11) is 0. The molecule has 0 bridgehead atoms. The van der Waals surface area contributed by atoms with Crippen molar-refractivity contribution in [2.75, 3.05) is 13.2 Å². The first-order valence-electron chi connectivity index (χ1n) is 7.35. The van der Waals surface area contributed by atoms with Crippen LogP contribution in [0, 0.1) is 5.92 Å². The van der Waals surface area contributed by atoms with Gasteiger partial charge in [-0.05, 0) is 52.9 Å². The van der Waals surface area contributed by atoms with Gasteiger partial charge in [0.15, 0.2) is 0 Å². The zero-order valence-corrected chi connectivity index (χ0v) is 15.2. The van der Waals surface area contributed by atoms with Crippen LogP contribution >= 0.6 is 31.9 Å². The molecular formula is C16H22Br2O2. The predicted octanol–water partition coefficient (Wildman–Crippen LogP) is 5.49. The number of benzene rings is 1. The highest BCUT2D eigenvalue weighted by Gasteiger charge is 2.33. The monoisotopic (exact) mass is 404 g/mol. The van der Waals surface area contributed by atoms with Crippen molar-refractivity contribution in [2.45, 2.75) is 44.0 Å². The first kappa shape index (κ1) is 16.3. The van der Waals surface area contributed by atoms with Gasteiger partial charge in [-0.25, -0.2) is 0 Å². The number of halogens is 2. The van der Waals surface area contributed by atoms with Crippen molar-refractivity contribution in [3.8, 4) is 5.75 Å². The standard InChI is InChI=1S/C16H22Br2O2/c1-3-8-19-15-6-5-11(10-13(15)17)16(18)12-7-9-20-14(12)4-2/h5-6,10,12,14,16H,3-4,7-9H2,1-2H3. The Morgan fingerprint density at radius 2 is 2.20 bits per heavy atom. The van der Waals surface area contributed by atoms with Crippen LogP contribution in [0.25, 0.3) is 0 Å². The predicted molar refractivity (Wildman–Crippen MR) is 89.7 cm³/mol. The molecule has 3 unspecified atom stereocenters. The topological polar surface area (TPSA) is 18.5 Å². The maximum Gasteiger partial charge on any atom is 0.133 e. The SMILES string of the molecule is CCCOc1ccc(C(Br)C2CCOC2CC)cc1Br. The van der Waals surface area contributed by atoms with Crippen LogP contribution in [0.15, 0.2) is 22.7 Å². The van der Waals surface area contributed by atoms with Gasteiger partial charge in [0.05, 0.1) is 17.2 Å². The van der Waals surface area contributed by atoms with E-state index in [1.54, 1.807) is 0 Å². The van der Waals surface area contributed by atoms with Crippen LogP contribution in [0.1, 0.15) is 43.5 Å². The Morgan fingerprint density at radius 3 is 2.85 bits per heavy atom. The van der Waals surface area contributed by atoms with E-state index in [2.05, 4.69) is 63.9 Å². The van der Waals surface area contributed by atoms with Gasteiger partial charge in [-0.15, -0.1) is 0 Å². The molecule has 1 aliphatic rings. The summed E-state index contributed by atoms with van der Waals surface area (Å²) in [5.41, 5.74) is 1.29. The molecule has 0 amide bonds. The number of alkyl halides is 1. The maximum absolute atomic E-state index is 5.80. The van der Waals surface area contributed by atoms with Crippen LogP contribution in [-0.2, 0) is 4.74 Å². The molecule has 1 aromatic rings. The minimum Gasteiger partial charge on any atom is -0.492 e. The second-order valence-corrected chi connectivity index (χ2v) is 7.05. The van der Waals surface area contributed by atoms with Crippen molar-refractivity contribution in [3.63, 3.8) is 0 Å². The molecular weight excluding hydrogens is 384 g/mol. The van der Waals surface area contributed by atoms with Gasteiger partial charge in [0.2, 0.25) is 0 Å². The van der Waals surface area contributed by atoms with Crippen molar-refractivity contribution < 1.29 is 9.47 Å². The molecule has 3 atom stereocenters. The summed E-state index contributed by atoms with van der Waals surface area (Å²) < 4.78 is 12.5. The van der Waals surface area contributed by atoms with Crippen LogP contribution in [-0.4, -0.2) is 19.3 Å². The van der Waals surface area contributed by atoms with Crippen molar-refractivity contribution in [3.05, 3.63) is 28.2 Å². The second kappa shape index (κ2) is 7.81. The molecule has 0 spiro atoms. The van der Waals surface area contributed by atoms with Gasteiger partial charge in [0.1, 0.15) is 5.75 Å². The normalized spacial score (nSPS) is 23.8. The van der Waals surface area contributed by atoms with E-state index in [0.717, 1.165) is 42.7 Å². The number of hydrogen-bond acceptors (Lipinski definition) is 2. The van der Waals surface area contributed by atoms with Gasteiger partial charge in [0.25, 0.3) is 0 Å². The Balaban J connectivity index is 2.10. The summed E-state index contributed by atoms with van der Waals surface area (Å²) in [4.78, 5) is 0.339. The highest BCUT2D eigenvalue weighted by molar-refractivity contribution is 9.10. The number of ether oxygens (including phenoxy) is 2. The lowest BCUT2D eigenvalue weighted by Gasteiger charge is -2.23. The molecule has 0 N–H and O–H groups in total. The number of hydrogen-bond donors (Lipinski definition) is 0. The van der Waals surface area contributed by atoms with Crippen LogP contribution in [0.5, 0.6) is 5.75 Å². The van der Waals surface area contributed by atoms with Gasteiger partial charge in [-0.2, -0.15) is 0 Å². The van der Waals surface area contributed by atoms with E-state index in [1.807, 2.05) is 0 Å². The van der Waals surface area contributed by atoms with E-state index >= 15 is 0 Å². The third-order valence-electron chi connectivity index (χ3n) is 3.77. The molecule has 112 valence electrons. The zero-order valence-electron chi connectivity index (χ0n) is 12.1. The van der Waals surface area contributed by atoms with Gasteiger partial charge in [-0.1, -0.05) is 35.8 Å². The third-order valence-corrected chi connectivity index (χ3v) is 5.60. The summed E-state index contributed by atoms with van der Waals surface area (Å²) in [6.07, 6.45) is 3.59. The highest BCUT2D eigenvalue weighted by Crippen LogP contribution is 2.42. The van der Waals surface area contributed by atoms with Crippen LogP contribution in [0.3, 0.4) is 0 Å². The van der Waals surface area contributed by atoms with Gasteiger partial charge < -0.3 is 9.47 Å². The third kappa shape index (κ3) is 3.77. The Bertz CT molecular complexity index is 436. The molecule has 20 heavy (non-hydrogen) atoms. The van der Waals surface area contributed by atoms with Crippen molar-refractivity contribution in [1.82, 2.24) is 0 Å². The molecule has 2 rings (SSSR count). The fourth-order valence-electron chi connectivity index (χ4n) is 2.69.